The average Bonchev–Trinajstić information content (AvgIpc) is 3.08. The van der Waals surface area contributed by atoms with E-state index >= 15 is 0 Å². The Hall–Kier alpha value is -2.14. The lowest BCUT2D eigenvalue weighted by atomic mass is 10.0. The van der Waals surface area contributed by atoms with Gasteiger partial charge in [0.2, 0.25) is 0 Å². The predicted octanol–water partition coefficient (Wildman–Crippen LogP) is 2.64. The van der Waals surface area contributed by atoms with Gasteiger partial charge in [-0.1, -0.05) is 12.1 Å². The maximum atomic E-state index is 13.0. The second-order valence-corrected chi connectivity index (χ2v) is 6.81. The van der Waals surface area contributed by atoms with Crippen LogP contribution in [0.1, 0.15) is 35.2 Å². The first-order valence-corrected chi connectivity index (χ1v) is 8.65. The van der Waals surface area contributed by atoms with Crippen LogP contribution in [0.5, 0.6) is 0 Å². The molecule has 1 amide bonds. The largest absolute Gasteiger partial charge is 0.334 e. The van der Waals surface area contributed by atoms with Crippen LogP contribution in [0, 0.1) is 0 Å². The topological polar surface area (TPSA) is 41.4 Å². The Morgan fingerprint density at radius 1 is 1.25 bits per heavy atom. The van der Waals surface area contributed by atoms with E-state index in [4.69, 9.17) is 0 Å². The predicted molar refractivity (Wildman–Crippen MR) is 94.7 cm³/mol. The molecule has 2 heterocycles. The molecule has 5 heteroatoms. The van der Waals surface area contributed by atoms with E-state index in [1.807, 2.05) is 48.1 Å². The minimum absolute atomic E-state index is 0.142. The van der Waals surface area contributed by atoms with E-state index in [1.165, 1.54) is 12.0 Å². The highest BCUT2D eigenvalue weighted by Gasteiger charge is 2.27. The second-order valence-electron chi connectivity index (χ2n) is 6.81. The fourth-order valence-corrected chi connectivity index (χ4v) is 3.37. The molecule has 0 unspecified atom stereocenters. The van der Waals surface area contributed by atoms with Crippen molar-refractivity contribution in [1.82, 2.24) is 19.6 Å². The molecule has 3 rings (SSSR count). The lowest BCUT2D eigenvalue weighted by Crippen LogP contribution is -2.45. The summed E-state index contributed by atoms with van der Waals surface area (Å²) in [6, 6.07) is 10.2. The van der Waals surface area contributed by atoms with Gasteiger partial charge < -0.3 is 9.80 Å². The summed E-state index contributed by atoms with van der Waals surface area (Å²) in [5.74, 6) is 0.142. The van der Waals surface area contributed by atoms with Crippen LogP contribution in [0.3, 0.4) is 0 Å². The molecule has 0 bridgehead atoms. The van der Waals surface area contributed by atoms with E-state index < -0.39 is 0 Å². The molecule has 0 spiro atoms. The number of nitrogens with zero attached hydrogens (tertiary/aromatic N) is 4. The van der Waals surface area contributed by atoms with Gasteiger partial charge in [-0.25, -0.2) is 0 Å². The lowest BCUT2D eigenvalue weighted by Gasteiger charge is -2.35. The highest BCUT2D eigenvalue weighted by molar-refractivity contribution is 5.94. The standard InChI is InChI=1S/C19H26N4O/c1-21(2)14-16-7-9-17(10-8-16)19(24)23-13-4-3-6-18(23)15-22-12-5-11-20-22/h5,7-12,18H,3-4,6,13-15H2,1-2H3/t18-/m0/s1. The van der Waals surface area contributed by atoms with E-state index in [-0.39, 0.29) is 11.9 Å². The van der Waals surface area contributed by atoms with Crippen LogP contribution in [0.15, 0.2) is 42.7 Å². The first kappa shape index (κ1) is 16.7. The van der Waals surface area contributed by atoms with Crippen LogP contribution in [0.25, 0.3) is 0 Å². The lowest BCUT2D eigenvalue weighted by molar-refractivity contribution is 0.0584. The minimum Gasteiger partial charge on any atom is -0.334 e. The maximum absolute atomic E-state index is 13.0. The SMILES string of the molecule is CN(C)Cc1ccc(C(=O)N2CCCC[C@H]2Cn2cccn2)cc1. The van der Waals surface area contributed by atoms with Crippen molar-refractivity contribution in [3.8, 4) is 0 Å². The van der Waals surface area contributed by atoms with E-state index in [2.05, 4.69) is 22.1 Å². The Morgan fingerprint density at radius 2 is 2.04 bits per heavy atom. The zero-order valence-corrected chi connectivity index (χ0v) is 14.6. The molecule has 2 aromatic rings. The number of hydrogen-bond donors (Lipinski definition) is 0. The van der Waals surface area contributed by atoms with Gasteiger partial charge in [-0.3, -0.25) is 9.48 Å². The Bertz CT molecular complexity index is 649. The van der Waals surface area contributed by atoms with Crippen LogP contribution in [-0.2, 0) is 13.1 Å². The summed E-state index contributed by atoms with van der Waals surface area (Å²) in [6.45, 7) is 2.50. The van der Waals surface area contributed by atoms with Crippen LogP contribution in [0.4, 0.5) is 0 Å². The second kappa shape index (κ2) is 7.62. The van der Waals surface area contributed by atoms with Gasteiger partial charge >= 0.3 is 0 Å². The van der Waals surface area contributed by atoms with Crippen LogP contribution in [-0.4, -0.2) is 52.2 Å². The molecule has 5 nitrogen and oxygen atoms in total. The van der Waals surface area contributed by atoms with Crippen molar-refractivity contribution in [1.29, 1.82) is 0 Å². The normalized spacial score (nSPS) is 18.1. The van der Waals surface area contributed by atoms with Gasteiger partial charge in [0.1, 0.15) is 0 Å². The van der Waals surface area contributed by atoms with Crippen LogP contribution in [0.2, 0.25) is 0 Å². The van der Waals surface area contributed by atoms with Crippen molar-refractivity contribution in [2.45, 2.75) is 38.4 Å². The average molecular weight is 326 g/mol. The van der Waals surface area contributed by atoms with Crippen molar-refractivity contribution in [3.63, 3.8) is 0 Å². The van der Waals surface area contributed by atoms with Crippen molar-refractivity contribution >= 4 is 5.91 Å². The molecule has 1 aliphatic rings. The summed E-state index contributed by atoms with van der Waals surface area (Å²) < 4.78 is 1.93. The number of aromatic nitrogens is 2. The third kappa shape index (κ3) is 4.03. The third-order valence-electron chi connectivity index (χ3n) is 4.54. The molecule has 0 N–H and O–H groups in total. The summed E-state index contributed by atoms with van der Waals surface area (Å²) >= 11 is 0. The zero-order valence-electron chi connectivity index (χ0n) is 14.6. The number of carbonyl (C=O) groups excluding carboxylic acids is 1. The number of rotatable bonds is 5. The van der Waals surface area contributed by atoms with Gasteiger partial charge in [0.05, 0.1) is 12.6 Å². The first-order valence-electron chi connectivity index (χ1n) is 8.65. The molecule has 1 aromatic heterocycles. The quantitative estimate of drug-likeness (QED) is 0.848. The molecule has 1 aromatic carbocycles. The number of amides is 1. The minimum atomic E-state index is 0.142. The molecule has 1 saturated heterocycles. The van der Waals surface area contributed by atoms with Gasteiger partial charge in [0, 0.05) is 31.0 Å². The van der Waals surface area contributed by atoms with E-state index in [0.29, 0.717) is 0 Å². The molecular formula is C19H26N4O. The van der Waals surface area contributed by atoms with E-state index in [0.717, 1.165) is 38.0 Å². The van der Waals surface area contributed by atoms with Crippen molar-refractivity contribution in [2.75, 3.05) is 20.6 Å². The smallest absolute Gasteiger partial charge is 0.254 e. The maximum Gasteiger partial charge on any atom is 0.254 e. The van der Waals surface area contributed by atoms with E-state index in [1.54, 1.807) is 6.20 Å². The van der Waals surface area contributed by atoms with Gasteiger partial charge in [-0.05, 0) is 57.1 Å². The van der Waals surface area contributed by atoms with Crippen molar-refractivity contribution < 1.29 is 4.79 Å². The van der Waals surface area contributed by atoms with Crippen LogP contribution < -0.4 is 0 Å². The third-order valence-corrected chi connectivity index (χ3v) is 4.54. The molecule has 128 valence electrons. The van der Waals surface area contributed by atoms with Crippen molar-refractivity contribution in [2.24, 2.45) is 0 Å². The summed E-state index contributed by atoms with van der Waals surface area (Å²) in [4.78, 5) is 17.1. The fourth-order valence-electron chi connectivity index (χ4n) is 3.37. The molecule has 1 atom stereocenters. The number of benzene rings is 1. The monoisotopic (exact) mass is 326 g/mol. The molecule has 24 heavy (non-hydrogen) atoms. The Labute approximate surface area is 143 Å². The summed E-state index contributed by atoms with van der Waals surface area (Å²) in [5, 5.41) is 4.29. The van der Waals surface area contributed by atoms with Gasteiger partial charge in [0.15, 0.2) is 0 Å². The zero-order chi connectivity index (χ0) is 16.9. The molecule has 0 radical (unpaired) electrons. The molecule has 1 aliphatic heterocycles. The first-order chi connectivity index (χ1) is 11.6. The highest BCUT2D eigenvalue weighted by Crippen LogP contribution is 2.21. The van der Waals surface area contributed by atoms with Gasteiger partial charge in [-0.15, -0.1) is 0 Å². The highest BCUT2D eigenvalue weighted by atomic mass is 16.2. The summed E-state index contributed by atoms with van der Waals surface area (Å²) in [7, 11) is 4.10. The fraction of sp³-hybridized carbons (Fsp3) is 0.474. The van der Waals surface area contributed by atoms with Gasteiger partial charge in [-0.2, -0.15) is 5.10 Å². The molecule has 1 fully saturated rings. The number of carbonyl (C=O) groups is 1. The van der Waals surface area contributed by atoms with Crippen LogP contribution >= 0.6 is 0 Å². The molecular weight excluding hydrogens is 300 g/mol. The molecule has 0 saturated carbocycles. The Morgan fingerprint density at radius 3 is 2.71 bits per heavy atom. The number of piperidine rings is 1. The number of hydrogen-bond acceptors (Lipinski definition) is 3. The Balaban J connectivity index is 1.71. The summed E-state index contributed by atoms with van der Waals surface area (Å²) in [6.07, 6.45) is 7.06. The number of likely N-dealkylation sites (tertiary alicyclic amines) is 1. The van der Waals surface area contributed by atoms with Crippen molar-refractivity contribution in [3.05, 3.63) is 53.9 Å². The Kier molecular flexibility index (Phi) is 5.30. The molecule has 0 aliphatic carbocycles. The summed E-state index contributed by atoms with van der Waals surface area (Å²) in [5.41, 5.74) is 2.01. The van der Waals surface area contributed by atoms with Gasteiger partial charge in [0.25, 0.3) is 5.91 Å². The van der Waals surface area contributed by atoms with E-state index in [9.17, 15) is 4.79 Å².